The summed E-state index contributed by atoms with van der Waals surface area (Å²) in [6, 6.07) is 5.52. The molecule has 1 saturated heterocycles. The third kappa shape index (κ3) is 3.91. The minimum Gasteiger partial charge on any atom is -0.314 e. The lowest BCUT2D eigenvalue weighted by Gasteiger charge is -2.35. The average Bonchev–Trinajstić information content (AvgIpc) is 2.44. The van der Waals surface area contributed by atoms with Crippen LogP contribution in [0.2, 0.25) is 5.02 Å². The summed E-state index contributed by atoms with van der Waals surface area (Å²) in [5.41, 5.74) is 1.14. The number of halogens is 2. The SMILES string of the molecule is CCCC[C@H](c1ccc(F)c(Cl)c1)N1CCNCC1. The predicted octanol–water partition coefficient (Wildman–Crippen LogP) is 3.62. The molecule has 0 radical (unpaired) electrons. The van der Waals surface area contributed by atoms with Crippen LogP contribution in [0, 0.1) is 5.82 Å². The monoisotopic (exact) mass is 284 g/mol. The molecule has 0 saturated carbocycles. The Labute approximate surface area is 119 Å². The lowest BCUT2D eigenvalue weighted by Crippen LogP contribution is -2.45. The Morgan fingerprint density at radius 3 is 2.74 bits per heavy atom. The maximum absolute atomic E-state index is 13.3. The number of unbranched alkanes of at least 4 members (excludes halogenated alkanes) is 1. The van der Waals surface area contributed by atoms with Crippen molar-refractivity contribution in [2.75, 3.05) is 26.2 Å². The first-order valence-corrected chi connectivity index (χ1v) is 7.50. The summed E-state index contributed by atoms with van der Waals surface area (Å²) in [6.07, 6.45) is 3.47. The Morgan fingerprint density at radius 1 is 1.37 bits per heavy atom. The first-order chi connectivity index (χ1) is 9.22. The van der Waals surface area contributed by atoms with E-state index in [0.717, 1.165) is 38.2 Å². The fourth-order valence-corrected chi connectivity index (χ4v) is 2.86. The smallest absolute Gasteiger partial charge is 0.141 e. The van der Waals surface area contributed by atoms with Crippen molar-refractivity contribution in [1.29, 1.82) is 0 Å². The Kier molecular flexibility index (Phi) is 5.61. The van der Waals surface area contributed by atoms with Gasteiger partial charge in [0.25, 0.3) is 0 Å². The van der Waals surface area contributed by atoms with Crippen LogP contribution in [0.15, 0.2) is 18.2 Å². The maximum Gasteiger partial charge on any atom is 0.141 e. The van der Waals surface area contributed by atoms with Crippen LogP contribution < -0.4 is 5.32 Å². The van der Waals surface area contributed by atoms with Crippen LogP contribution >= 0.6 is 11.6 Å². The number of nitrogens with zero attached hydrogens (tertiary/aromatic N) is 1. The molecule has 1 aromatic rings. The molecule has 0 aliphatic carbocycles. The Morgan fingerprint density at radius 2 is 2.11 bits per heavy atom. The van der Waals surface area contributed by atoms with Crippen molar-refractivity contribution in [2.45, 2.75) is 32.2 Å². The van der Waals surface area contributed by atoms with Crippen molar-refractivity contribution in [3.63, 3.8) is 0 Å². The van der Waals surface area contributed by atoms with Crippen molar-refractivity contribution in [1.82, 2.24) is 10.2 Å². The zero-order chi connectivity index (χ0) is 13.7. The van der Waals surface area contributed by atoms with Crippen LogP contribution in [0.5, 0.6) is 0 Å². The summed E-state index contributed by atoms with van der Waals surface area (Å²) in [6.45, 7) is 6.34. The molecule has 0 amide bonds. The summed E-state index contributed by atoms with van der Waals surface area (Å²) in [5.74, 6) is -0.333. The lowest BCUT2D eigenvalue weighted by molar-refractivity contribution is 0.163. The average molecular weight is 285 g/mol. The first kappa shape index (κ1) is 14.8. The molecule has 0 spiro atoms. The van der Waals surface area contributed by atoms with Gasteiger partial charge < -0.3 is 5.32 Å². The number of benzene rings is 1. The van der Waals surface area contributed by atoms with Gasteiger partial charge in [-0.15, -0.1) is 0 Å². The molecule has 0 aromatic heterocycles. The normalized spacial score (nSPS) is 18.5. The van der Waals surface area contributed by atoms with Gasteiger partial charge in [-0.2, -0.15) is 0 Å². The van der Waals surface area contributed by atoms with Crippen molar-refractivity contribution >= 4 is 11.6 Å². The quantitative estimate of drug-likeness (QED) is 0.888. The molecule has 1 N–H and O–H groups in total. The van der Waals surface area contributed by atoms with E-state index in [1.54, 1.807) is 6.07 Å². The molecule has 19 heavy (non-hydrogen) atoms. The lowest BCUT2D eigenvalue weighted by atomic mass is 9.98. The van der Waals surface area contributed by atoms with E-state index in [2.05, 4.69) is 17.1 Å². The number of piperazine rings is 1. The van der Waals surface area contributed by atoms with Gasteiger partial charge in [-0.1, -0.05) is 37.4 Å². The predicted molar refractivity (Wildman–Crippen MR) is 78.1 cm³/mol. The van der Waals surface area contributed by atoms with E-state index in [-0.39, 0.29) is 10.8 Å². The highest BCUT2D eigenvalue weighted by Crippen LogP contribution is 2.29. The van der Waals surface area contributed by atoms with Gasteiger partial charge in [0.15, 0.2) is 0 Å². The fourth-order valence-electron chi connectivity index (χ4n) is 2.67. The van der Waals surface area contributed by atoms with Gasteiger partial charge in [0.1, 0.15) is 5.82 Å². The van der Waals surface area contributed by atoms with Crippen molar-refractivity contribution < 1.29 is 4.39 Å². The van der Waals surface area contributed by atoms with E-state index < -0.39 is 0 Å². The van der Waals surface area contributed by atoms with Gasteiger partial charge in [0.2, 0.25) is 0 Å². The number of hydrogen-bond donors (Lipinski definition) is 1. The van der Waals surface area contributed by atoms with Crippen LogP contribution in [-0.4, -0.2) is 31.1 Å². The molecule has 1 fully saturated rings. The molecule has 1 aliphatic heterocycles. The third-order valence-corrected chi connectivity index (χ3v) is 4.04. The Balaban J connectivity index is 2.17. The second-order valence-corrected chi connectivity index (χ2v) is 5.52. The maximum atomic E-state index is 13.3. The number of rotatable bonds is 5. The molecule has 106 valence electrons. The highest BCUT2D eigenvalue weighted by Gasteiger charge is 2.22. The van der Waals surface area contributed by atoms with E-state index in [9.17, 15) is 4.39 Å². The molecular weight excluding hydrogens is 263 g/mol. The second kappa shape index (κ2) is 7.22. The van der Waals surface area contributed by atoms with Crippen LogP contribution in [0.4, 0.5) is 4.39 Å². The molecule has 1 aromatic carbocycles. The number of nitrogens with one attached hydrogen (secondary N) is 1. The largest absolute Gasteiger partial charge is 0.314 e. The Hall–Kier alpha value is -0.640. The third-order valence-electron chi connectivity index (χ3n) is 3.75. The van der Waals surface area contributed by atoms with Gasteiger partial charge in [-0.25, -0.2) is 4.39 Å². The van der Waals surface area contributed by atoms with Gasteiger partial charge in [0, 0.05) is 32.2 Å². The van der Waals surface area contributed by atoms with Crippen LogP contribution in [0.1, 0.15) is 37.8 Å². The van der Waals surface area contributed by atoms with Gasteiger partial charge >= 0.3 is 0 Å². The topological polar surface area (TPSA) is 15.3 Å². The zero-order valence-corrected chi connectivity index (χ0v) is 12.2. The first-order valence-electron chi connectivity index (χ1n) is 7.12. The Bertz CT molecular complexity index is 405. The standard InChI is InChI=1S/C15H22ClFN2/c1-2-3-4-15(19-9-7-18-8-10-19)12-5-6-14(17)13(16)11-12/h5-6,11,15,18H,2-4,7-10H2,1H3/t15-/m1/s1. The summed E-state index contributed by atoms with van der Waals surface area (Å²) >= 11 is 5.93. The van der Waals surface area contributed by atoms with Crippen LogP contribution in [0.25, 0.3) is 0 Å². The molecule has 0 unspecified atom stereocenters. The van der Waals surface area contributed by atoms with Gasteiger partial charge in [-0.3, -0.25) is 4.90 Å². The second-order valence-electron chi connectivity index (χ2n) is 5.12. The summed E-state index contributed by atoms with van der Waals surface area (Å²) in [4.78, 5) is 2.48. The van der Waals surface area contributed by atoms with E-state index in [1.807, 2.05) is 6.07 Å². The summed E-state index contributed by atoms with van der Waals surface area (Å²) in [7, 11) is 0. The molecule has 1 atom stereocenters. The molecule has 2 rings (SSSR count). The van der Waals surface area contributed by atoms with E-state index in [1.165, 1.54) is 18.9 Å². The molecule has 1 aliphatic rings. The molecular formula is C15H22ClFN2. The van der Waals surface area contributed by atoms with E-state index in [0.29, 0.717) is 6.04 Å². The van der Waals surface area contributed by atoms with Gasteiger partial charge in [0.05, 0.1) is 5.02 Å². The highest BCUT2D eigenvalue weighted by molar-refractivity contribution is 6.30. The van der Waals surface area contributed by atoms with E-state index in [4.69, 9.17) is 11.6 Å². The molecule has 0 bridgehead atoms. The highest BCUT2D eigenvalue weighted by atomic mass is 35.5. The minimum absolute atomic E-state index is 0.231. The zero-order valence-electron chi connectivity index (χ0n) is 11.5. The summed E-state index contributed by atoms with van der Waals surface area (Å²) in [5, 5.41) is 3.60. The van der Waals surface area contributed by atoms with Crippen LogP contribution in [0.3, 0.4) is 0 Å². The van der Waals surface area contributed by atoms with Crippen molar-refractivity contribution in [2.24, 2.45) is 0 Å². The van der Waals surface area contributed by atoms with Gasteiger partial charge in [-0.05, 0) is 24.1 Å². The van der Waals surface area contributed by atoms with Crippen molar-refractivity contribution in [3.8, 4) is 0 Å². The molecule has 1 heterocycles. The minimum atomic E-state index is -0.333. The van der Waals surface area contributed by atoms with Crippen LogP contribution in [-0.2, 0) is 0 Å². The molecule has 2 nitrogen and oxygen atoms in total. The fraction of sp³-hybridized carbons (Fsp3) is 0.600. The van der Waals surface area contributed by atoms with E-state index >= 15 is 0 Å². The number of hydrogen-bond acceptors (Lipinski definition) is 2. The van der Waals surface area contributed by atoms with Crippen molar-refractivity contribution in [3.05, 3.63) is 34.6 Å². The molecule has 4 heteroatoms. The summed E-state index contributed by atoms with van der Waals surface area (Å²) < 4.78 is 13.3.